The lowest BCUT2D eigenvalue weighted by molar-refractivity contribution is -0.137. The van der Waals surface area contributed by atoms with Crippen LogP contribution in [-0.2, 0) is 16.2 Å². The van der Waals surface area contributed by atoms with Gasteiger partial charge in [0.05, 0.1) is 5.56 Å². The number of hydrogen-bond donors (Lipinski definition) is 1. The van der Waals surface area contributed by atoms with Crippen LogP contribution in [0.2, 0.25) is 0 Å². The van der Waals surface area contributed by atoms with E-state index in [1.807, 2.05) is 0 Å². The Kier molecular flexibility index (Phi) is 4.10. The van der Waals surface area contributed by atoms with Crippen molar-refractivity contribution in [3.05, 3.63) is 59.7 Å². The molecular weight excluding hydrogens is 329 g/mol. The highest BCUT2D eigenvalue weighted by Crippen LogP contribution is 2.31. The van der Waals surface area contributed by atoms with Gasteiger partial charge < -0.3 is 0 Å². The second-order valence-electron chi connectivity index (χ2n) is 4.26. The summed E-state index contributed by atoms with van der Waals surface area (Å²) in [6.45, 7) is 0. The van der Waals surface area contributed by atoms with Crippen LogP contribution in [0.15, 0.2) is 47.4 Å². The van der Waals surface area contributed by atoms with E-state index in [2.05, 4.69) is 0 Å². The van der Waals surface area contributed by atoms with Gasteiger partial charge in [-0.3, -0.25) is 4.72 Å². The summed E-state index contributed by atoms with van der Waals surface area (Å²) in [6, 6.07) is 5.11. The third-order valence-corrected chi connectivity index (χ3v) is 4.02. The number of sulfonamides is 1. The predicted octanol–water partition coefficient (Wildman–Crippen LogP) is 3.78. The van der Waals surface area contributed by atoms with Crippen LogP contribution in [0, 0.1) is 11.6 Å². The van der Waals surface area contributed by atoms with Crippen molar-refractivity contribution in [1.82, 2.24) is 0 Å². The predicted molar refractivity (Wildman–Crippen MR) is 68.6 cm³/mol. The van der Waals surface area contributed by atoms with Crippen molar-refractivity contribution >= 4 is 15.7 Å². The van der Waals surface area contributed by atoms with Gasteiger partial charge in [-0.15, -0.1) is 0 Å². The Balaban J connectivity index is 2.39. The molecule has 0 aliphatic carbocycles. The van der Waals surface area contributed by atoms with Crippen molar-refractivity contribution in [2.24, 2.45) is 0 Å². The van der Waals surface area contributed by atoms with E-state index in [0.717, 1.165) is 24.3 Å². The molecule has 0 amide bonds. The maximum Gasteiger partial charge on any atom is 0.416 e. The molecule has 2 aromatic rings. The Morgan fingerprint density at radius 2 is 1.64 bits per heavy atom. The van der Waals surface area contributed by atoms with E-state index in [-0.39, 0.29) is 0 Å². The van der Waals surface area contributed by atoms with Crippen LogP contribution in [-0.4, -0.2) is 8.42 Å². The van der Waals surface area contributed by atoms with E-state index in [1.165, 1.54) is 0 Å². The van der Waals surface area contributed by atoms with Gasteiger partial charge in [-0.1, -0.05) is 6.07 Å². The zero-order valence-electron chi connectivity index (χ0n) is 10.7. The first-order valence-corrected chi connectivity index (χ1v) is 7.23. The molecule has 0 atom stereocenters. The van der Waals surface area contributed by atoms with E-state index in [0.29, 0.717) is 18.2 Å². The molecule has 0 saturated carbocycles. The molecule has 0 radical (unpaired) electrons. The molecule has 0 saturated heterocycles. The first kappa shape index (κ1) is 16.2. The van der Waals surface area contributed by atoms with Crippen molar-refractivity contribution in [2.75, 3.05) is 4.72 Å². The Hall–Kier alpha value is -2.16. The summed E-state index contributed by atoms with van der Waals surface area (Å²) in [6.07, 6.45) is -4.66. The lowest BCUT2D eigenvalue weighted by atomic mass is 10.2. The van der Waals surface area contributed by atoms with Crippen LogP contribution in [0.1, 0.15) is 5.56 Å². The summed E-state index contributed by atoms with van der Waals surface area (Å²) >= 11 is 0. The minimum absolute atomic E-state index is 0.418. The van der Waals surface area contributed by atoms with Crippen molar-refractivity contribution in [1.29, 1.82) is 0 Å². The molecule has 0 aromatic heterocycles. The lowest BCUT2D eigenvalue weighted by Crippen LogP contribution is -2.15. The molecule has 9 heteroatoms. The molecular formula is C13H8F5NO2S. The largest absolute Gasteiger partial charge is 0.416 e. The van der Waals surface area contributed by atoms with Crippen LogP contribution in [0.3, 0.4) is 0 Å². The Labute approximate surface area is 122 Å². The normalized spacial score (nSPS) is 12.2. The Morgan fingerprint density at radius 1 is 0.955 bits per heavy atom. The molecule has 0 spiro atoms. The number of anilines is 1. The monoisotopic (exact) mass is 337 g/mol. The second kappa shape index (κ2) is 5.56. The van der Waals surface area contributed by atoms with Gasteiger partial charge in [0.2, 0.25) is 0 Å². The van der Waals surface area contributed by atoms with Crippen LogP contribution in [0.4, 0.5) is 27.6 Å². The van der Waals surface area contributed by atoms with Crippen molar-refractivity contribution in [2.45, 2.75) is 11.1 Å². The number of alkyl halides is 3. The number of hydrogen-bond acceptors (Lipinski definition) is 2. The lowest BCUT2D eigenvalue weighted by Gasteiger charge is -2.11. The smallest absolute Gasteiger partial charge is 0.280 e. The minimum atomic E-state index is -4.66. The van der Waals surface area contributed by atoms with Crippen LogP contribution < -0.4 is 4.72 Å². The van der Waals surface area contributed by atoms with Gasteiger partial charge >= 0.3 is 6.18 Å². The third kappa shape index (κ3) is 3.53. The summed E-state index contributed by atoms with van der Waals surface area (Å²) in [4.78, 5) is -0.995. The number of benzene rings is 2. The fourth-order valence-corrected chi connectivity index (χ4v) is 2.79. The van der Waals surface area contributed by atoms with Crippen LogP contribution in [0.5, 0.6) is 0 Å². The van der Waals surface area contributed by atoms with Crippen molar-refractivity contribution in [3.8, 4) is 0 Å². The minimum Gasteiger partial charge on any atom is -0.280 e. The van der Waals surface area contributed by atoms with E-state index in [1.54, 1.807) is 4.72 Å². The summed E-state index contributed by atoms with van der Waals surface area (Å²) in [5, 5.41) is 0. The number of halogens is 5. The van der Waals surface area contributed by atoms with Gasteiger partial charge in [0.25, 0.3) is 10.0 Å². The average molecular weight is 337 g/mol. The van der Waals surface area contributed by atoms with Crippen molar-refractivity contribution in [3.63, 3.8) is 0 Å². The molecule has 3 nitrogen and oxygen atoms in total. The van der Waals surface area contributed by atoms with Gasteiger partial charge in [-0.2, -0.15) is 13.2 Å². The summed E-state index contributed by atoms with van der Waals surface area (Å²) in [5.74, 6) is -2.22. The van der Waals surface area contributed by atoms with Gasteiger partial charge in [0, 0.05) is 5.69 Å². The molecule has 0 unspecified atom stereocenters. The number of nitrogens with one attached hydrogen (secondary N) is 1. The summed E-state index contributed by atoms with van der Waals surface area (Å²) in [7, 11) is -4.56. The zero-order chi connectivity index (χ0) is 16.5. The topological polar surface area (TPSA) is 46.2 Å². The molecule has 0 aliphatic rings. The van der Waals surface area contributed by atoms with Gasteiger partial charge in [0.15, 0.2) is 0 Å². The Morgan fingerprint density at radius 3 is 2.27 bits per heavy atom. The highest BCUT2D eigenvalue weighted by atomic mass is 32.2. The van der Waals surface area contributed by atoms with E-state index in [4.69, 9.17) is 0 Å². The van der Waals surface area contributed by atoms with Gasteiger partial charge in [-0.05, 0) is 36.4 Å². The summed E-state index contributed by atoms with van der Waals surface area (Å²) in [5.41, 5.74) is -1.49. The molecule has 0 bridgehead atoms. The van der Waals surface area contributed by atoms with E-state index < -0.39 is 44.0 Å². The molecule has 0 fully saturated rings. The molecule has 0 aliphatic heterocycles. The first-order chi connectivity index (χ1) is 10.1. The maximum absolute atomic E-state index is 13.5. The molecule has 2 rings (SSSR count). The summed E-state index contributed by atoms with van der Waals surface area (Å²) < 4.78 is 89.8. The molecule has 22 heavy (non-hydrogen) atoms. The maximum atomic E-state index is 13.5. The number of rotatable bonds is 3. The quantitative estimate of drug-likeness (QED) is 0.867. The van der Waals surface area contributed by atoms with Gasteiger partial charge in [-0.25, -0.2) is 17.2 Å². The average Bonchev–Trinajstić information content (AvgIpc) is 2.40. The molecule has 118 valence electrons. The fourth-order valence-electron chi connectivity index (χ4n) is 1.65. The van der Waals surface area contributed by atoms with Gasteiger partial charge in [0.1, 0.15) is 16.5 Å². The fraction of sp³-hybridized carbons (Fsp3) is 0.0769. The third-order valence-electron chi connectivity index (χ3n) is 2.62. The standard InChI is InChI=1S/C13H8F5NO2S/c14-9-4-5-11(15)12(7-9)22(20,21)19-10-3-1-2-8(6-10)13(16,17)18/h1-7,19H. The van der Waals surface area contributed by atoms with E-state index >= 15 is 0 Å². The Bertz CT molecular complexity index is 802. The SMILES string of the molecule is O=S(=O)(Nc1cccc(C(F)(F)F)c1)c1cc(F)ccc1F. The zero-order valence-corrected chi connectivity index (χ0v) is 11.5. The highest BCUT2D eigenvalue weighted by molar-refractivity contribution is 7.92. The van der Waals surface area contributed by atoms with Crippen LogP contribution in [0.25, 0.3) is 0 Å². The molecule has 1 N–H and O–H groups in total. The first-order valence-electron chi connectivity index (χ1n) is 5.75. The molecule has 2 aromatic carbocycles. The van der Waals surface area contributed by atoms with Crippen LogP contribution >= 0.6 is 0 Å². The highest BCUT2D eigenvalue weighted by Gasteiger charge is 2.31. The second-order valence-corrected chi connectivity index (χ2v) is 5.91. The van der Waals surface area contributed by atoms with E-state index in [9.17, 15) is 30.4 Å². The molecule has 0 heterocycles. The van der Waals surface area contributed by atoms with Crippen molar-refractivity contribution < 1.29 is 30.4 Å².